The molecule has 0 spiro atoms. The number of amides is 1. The number of rotatable bonds is 6. The van der Waals surface area contributed by atoms with E-state index >= 15 is 0 Å². The summed E-state index contributed by atoms with van der Waals surface area (Å²) in [5.41, 5.74) is 2.81. The van der Waals surface area contributed by atoms with E-state index < -0.39 is 0 Å². The fraction of sp³-hybridized carbons (Fsp3) is 0.167. The van der Waals surface area contributed by atoms with Crippen LogP contribution in [0.5, 0.6) is 0 Å². The number of aliphatic hydroxyl groups is 1. The monoisotopic (exact) mass is 281 g/mol. The smallest absolute Gasteiger partial charge is 0.254 e. The third-order valence-electron chi connectivity index (χ3n) is 3.25. The lowest BCUT2D eigenvalue weighted by Gasteiger charge is -2.20. The largest absolute Gasteiger partial charge is 0.395 e. The summed E-state index contributed by atoms with van der Waals surface area (Å²) in [5.74, 6) is -0.0939. The topological polar surface area (TPSA) is 40.5 Å². The molecule has 1 amide bonds. The lowest BCUT2D eigenvalue weighted by atomic mass is 10.0. The van der Waals surface area contributed by atoms with E-state index in [4.69, 9.17) is 5.11 Å². The SMILES string of the molecule is C=CCN(CCO)C(=O)c1ccc(-c2ccccc2)cc1. The second-order valence-corrected chi connectivity index (χ2v) is 4.71. The number of benzene rings is 2. The van der Waals surface area contributed by atoms with Gasteiger partial charge in [0.2, 0.25) is 0 Å². The van der Waals surface area contributed by atoms with Crippen LogP contribution in [0.1, 0.15) is 10.4 Å². The Bertz CT molecular complexity index is 590. The molecule has 3 nitrogen and oxygen atoms in total. The van der Waals surface area contributed by atoms with Crippen LogP contribution in [0, 0.1) is 0 Å². The maximum Gasteiger partial charge on any atom is 0.254 e. The molecule has 0 fully saturated rings. The number of carbonyl (C=O) groups is 1. The minimum atomic E-state index is -0.0939. The molecule has 0 saturated carbocycles. The molecule has 1 N–H and O–H groups in total. The van der Waals surface area contributed by atoms with Gasteiger partial charge in [-0.2, -0.15) is 0 Å². The summed E-state index contributed by atoms with van der Waals surface area (Å²) in [6.07, 6.45) is 1.66. The molecule has 0 radical (unpaired) electrons. The molecule has 2 rings (SSSR count). The average Bonchev–Trinajstić information content (AvgIpc) is 2.55. The van der Waals surface area contributed by atoms with Gasteiger partial charge in [0.1, 0.15) is 0 Å². The molecule has 108 valence electrons. The Labute approximate surface area is 125 Å². The van der Waals surface area contributed by atoms with Gasteiger partial charge in [0.15, 0.2) is 0 Å². The van der Waals surface area contributed by atoms with Crippen LogP contribution >= 0.6 is 0 Å². The van der Waals surface area contributed by atoms with Crippen LogP contribution in [0.2, 0.25) is 0 Å². The summed E-state index contributed by atoms with van der Waals surface area (Å²) in [4.78, 5) is 13.9. The second kappa shape index (κ2) is 7.41. The predicted molar refractivity (Wildman–Crippen MR) is 85.1 cm³/mol. The number of aliphatic hydroxyl groups excluding tert-OH is 1. The van der Waals surface area contributed by atoms with E-state index in [2.05, 4.69) is 6.58 Å². The first-order valence-corrected chi connectivity index (χ1v) is 6.92. The van der Waals surface area contributed by atoms with Gasteiger partial charge in [-0.25, -0.2) is 0 Å². The normalized spacial score (nSPS) is 10.1. The fourth-order valence-electron chi connectivity index (χ4n) is 2.17. The standard InChI is InChI=1S/C18H19NO2/c1-2-12-19(13-14-20)18(21)17-10-8-16(9-11-17)15-6-4-3-5-7-15/h2-11,20H,1,12-14H2. The second-order valence-electron chi connectivity index (χ2n) is 4.71. The van der Waals surface area contributed by atoms with Gasteiger partial charge in [0.25, 0.3) is 5.91 Å². The number of hydrogen-bond donors (Lipinski definition) is 1. The van der Waals surface area contributed by atoms with Crippen LogP contribution in [0.15, 0.2) is 67.3 Å². The summed E-state index contributed by atoms with van der Waals surface area (Å²) >= 11 is 0. The molecule has 0 aliphatic rings. The van der Waals surface area contributed by atoms with Gasteiger partial charge in [0, 0.05) is 18.7 Å². The van der Waals surface area contributed by atoms with Crippen LogP contribution in [-0.4, -0.2) is 35.6 Å². The maximum atomic E-state index is 12.3. The van der Waals surface area contributed by atoms with E-state index in [0.717, 1.165) is 11.1 Å². The van der Waals surface area contributed by atoms with Crippen molar-refractivity contribution in [2.75, 3.05) is 19.7 Å². The zero-order valence-electron chi connectivity index (χ0n) is 11.9. The van der Waals surface area contributed by atoms with Crippen molar-refractivity contribution in [3.05, 3.63) is 72.8 Å². The van der Waals surface area contributed by atoms with Crippen molar-refractivity contribution in [2.45, 2.75) is 0 Å². The molecule has 21 heavy (non-hydrogen) atoms. The van der Waals surface area contributed by atoms with Crippen molar-refractivity contribution in [3.8, 4) is 11.1 Å². The highest BCUT2D eigenvalue weighted by molar-refractivity contribution is 5.94. The number of hydrogen-bond acceptors (Lipinski definition) is 2. The van der Waals surface area contributed by atoms with E-state index in [1.807, 2.05) is 54.6 Å². The molecular weight excluding hydrogens is 262 g/mol. The molecule has 0 aromatic heterocycles. The summed E-state index contributed by atoms with van der Waals surface area (Å²) in [6, 6.07) is 17.5. The van der Waals surface area contributed by atoms with Crippen molar-refractivity contribution in [2.24, 2.45) is 0 Å². The molecular formula is C18H19NO2. The molecule has 2 aromatic carbocycles. The van der Waals surface area contributed by atoms with E-state index in [-0.39, 0.29) is 12.5 Å². The van der Waals surface area contributed by atoms with Crippen LogP contribution in [0.3, 0.4) is 0 Å². The van der Waals surface area contributed by atoms with Crippen LogP contribution in [-0.2, 0) is 0 Å². The van der Waals surface area contributed by atoms with Gasteiger partial charge in [0.05, 0.1) is 6.61 Å². The van der Waals surface area contributed by atoms with Gasteiger partial charge < -0.3 is 10.0 Å². The molecule has 0 aliphatic heterocycles. The van der Waals surface area contributed by atoms with Crippen LogP contribution in [0.25, 0.3) is 11.1 Å². The van der Waals surface area contributed by atoms with E-state index in [1.54, 1.807) is 11.0 Å². The molecule has 0 heterocycles. The Hall–Kier alpha value is -2.39. The molecule has 2 aromatic rings. The summed E-state index contributed by atoms with van der Waals surface area (Å²) in [5, 5.41) is 9.02. The molecule has 0 bridgehead atoms. The third kappa shape index (κ3) is 3.80. The fourth-order valence-corrected chi connectivity index (χ4v) is 2.17. The van der Waals surface area contributed by atoms with Gasteiger partial charge in [-0.1, -0.05) is 48.5 Å². The Morgan fingerprint density at radius 2 is 1.67 bits per heavy atom. The van der Waals surface area contributed by atoms with Gasteiger partial charge in [-0.15, -0.1) is 6.58 Å². The molecule has 0 aliphatic carbocycles. The Balaban J connectivity index is 2.18. The van der Waals surface area contributed by atoms with E-state index in [0.29, 0.717) is 18.7 Å². The molecule has 0 atom stereocenters. The Morgan fingerprint density at radius 1 is 1.05 bits per heavy atom. The Kier molecular flexibility index (Phi) is 5.29. The lowest BCUT2D eigenvalue weighted by molar-refractivity contribution is 0.0743. The lowest BCUT2D eigenvalue weighted by Crippen LogP contribution is -2.33. The average molecular weight is 281 g/mol. The highest BCUT2D eigenvalue weighted by atomic mass is 16.3. The van der Waals surface area contributed by atoms with E-state index in [1.165, 1.54) is 0 Å². The van der Waals surface area contributed by atoms with Crippen LogP contribution < -0.4 is 0 Å². The highest BCUT2D eigenvalue weighted by Crippen LogP contribution is 2.19. The number of carbonyl (C=O) groups excluding carboxylic acids is 1. The first kappa shape index (κ1) is 15.0. The van der Waals surface area contributed by atoms with Crippen molar-refractivity contribution >= 4 is 5.91 Å². The highest BCUT2D eigenvalue weighted by Gasteiger charge is 2.13. The van der Waals surface area contributed by atoms with E-state index in [9.17, 15) is 4.79 Å². The van der Waals surface area contributed by atoms with Crippen molar-refractivity contribution < 1.29 is 9.90 Å². The summed E-state index contributed by atoms with van der Waals surface area (Å²) in [6.45, 7) is 4.32. The number of nitrogens with zero attached hydrogens (tertiary/aromatic N) is 1. The van der Waals surface area contributed by atoms with Gasteiger partial charge >= 0.3 is 0 Å². The minimum Gasteiger partial charge on any atom is -0.395 e. The first-order valence-electron chi connectivity index (χ1n) is 6.92. The van der Waals surface area contributed by atoms with Crippen molar-refractivity contribution in [1.29, 1.82) is 0 Å². The zero-order valence-corrected chi connectivity index (χ0v) is 11.9. The van der Waals surface area contributed by atoms with Crippen LogP contribution in [0.4, 0.5) is 0 Å². The predicted octanol–water partition coefficient (Wildman–Crippen LogP) is 2.97. The minimum absolute atomic E-state index is 0.0539. The van der Waals surface area contributed by atoms with Crippen molar-refractivity contribution in [3.63, 3.8) is 0 Å². The zero-order chi connectivity index (χ0) is 15.1. The quantitative estimate of drug-likeness (QED) is 0.827. The van der Waals surface area contributed by atoms with Gasteiger partial charge in [-0.05, 0) is 23.3 Å². The first-order chi connectivity index (χ1) is 10.3. The third-order valence-corrected chi connectivity index (χ3v) is 3.25. The molecule has 0 unspecified atom stereocenters. The van der Waals surface area contributed by atoms with Gasteiger partial charge in [-0.3, -0.25) is 4.79 Å². The summed E-state index contributed by atoms with van der Waals surface area (Å²) in [7, 11) is 0. The summed E-state index contributed by atoms with van der Waals surface area (Å²) < 4.78 is 0. The molecule has 0 saturated heterocycles. The maximum absolute atomic E-state index is 12.3. The molecule has 3 heteroatoms. The van der Waals surface area contributed by atoms with Crippen molar-refractivity contribution in [1.82, 2.24) is 4.90 Å². The Morgan fingerprint density at radius 3 is 2.24 bits per heavy atom.